The van der Waals surface area contributed by atoms with E-state index in [1.807, 2.05) is 38.4 Å². The molecule has 4 rings (SSSR count). The lowest BCUT2D eigenvalue weighted by Crippen LogP contribution is -2.48. The van der Waals surface area contributed by atoms with Crippen molar-refractivity contribution in [1.82, 2.24) is 20.2 Å². The minimum absolute atomic E-state index is 0.0763. The predicted octanol–water partition coefficient (Wildman–Crippen LogP) is 2.22. The highest BCUT2D eigenvalue weighted by Gasteiger charge is 2.29. The van der Waals surface area contributed by atoms with Crippen molar-refractivity contribution in [3.8, 4) is 0 Å². The van der Waals surface area contributed by atoms with Crippen molar-refractivity contribution < 1.29 is 24.3 Å². The van der Waals surface area contributed by atoms with Gasteiger partial charge in [-0.3, -0.25) is 14.4 Å². The van der Waals surface area contributed by atoms with Gasteiger partial charge in [-0.1, -0.05) is 12.1 Å². The van der Waals surface area contributed by atoms with E-state index < -0.39 is 17.9 Å². The van der Waals surface area contributed by atoms with Crippen LogP contribution in [-0.4, -0.2) is 83.9 Å². The molecular formula is C30H39N7O5. The Kier molecular flexibility index (Phi) is 9.92. The molecule has 1 heterocycles. The van der Waals surface area contributed by atoms with E-state index >= 15 is 0 Å². The first-order valence-corrected chi connectivity index (χ1v) is 14.1. The molecule has 1 fully saturated rings. The number of imidazole rings is 1. The average Bonchev–Trinajstić information content (AvgIpc) is 3.40. The van der Waals surface area contributed by atoms with Crippen molar-refractivity contribution in [2.75, 3.05) is 44.4 Å². The Hall–Kier alpha value is -4.29. The first-order valence-electron chi connectivity index (χ1n) is 14.1. The van der Waals surface area contributed by atoms with Gasteiger partial charge in [-0.25, -0.2) is 9.78 Å². The summed E-state index contributed by atoms with van der Waals surface area (Å²) in [6.07, 6.45) is 3.40. The SMILES string of the molecule is CN(C)CC(=O)N(C)c1cccc(CC(NC(=O)C2CCC(CN)CC2)C(=O)Nc2ccc3[nH]c(C(=O)O)nc3c2)c1. The molecule has 1 unspecified atom stereocenters. The normalized spacial score (nSPS) is 17.5. The van der Waals surface area contributed by atoms with Gasteiger partial charge in [0.2, 0.25) is 23.5 Å². The molecule has 3 aromatic rings. The largest absolute Gasteiger partial charge is 0.475 e. The summed E-state index contributed by atoms with van der Waals surface area (Å²) in [5.74, 6) is -1.83. The summed E-state index contributed by atoms with van der Waals surface area (Å²) in [6, 6.07) is 11.3. The van der Waals surface area contributed by atoms with E-state index in [9.17, 15) is 24.3 Å². The number of nitrogens with two attached hydrogens (primary N) is 1. The van der Waals surface area contributed by atoms with Crippen molar-refractivity contribution in [2.45, 2.75) is 38.1 Å². The molecule has 3 amide bonds. The molecule has 0 saturated heterocycles. The second-order valence-electron chi connectivity index (χ2n) is 11.2. The third kappa shape index (κ3) is 7.71. The summed E-state index contributed by atoms with van der Waals surface area (Å²) in [6.45, 7) is 0.859. The summed E-state index contributed by atoms with van der Waals surface area (Å²) in [5, 5.41) is 15.0. The number of aromatic nitrogens is 2. The van der Waals surface area contributed by atoms with Crippen LogP contribution in [0.25, 0.3) is 11.0 Å². The Morgan fingerprint density at radius 2 is 1.81 bits per heavy atom. The molecule has 0 spiro atoms. The van der Waals surface area contributed by atoms with Crippen molar-refractivity contribution in [3.05, 3.63) is 53.9 Å². The van der Waals surface area contributed by atoms with Gasteiger partial charge >= 0.3 is 5.97 Å². The van der Waals surface area contributed by atoms with Crippen LogP contribution in [0.3, 0.4) is 0 Å². The molecule has 2 aromatic carbocycles. The second kappa shape index (κ2) is 13.6. The molecule has 12 heteroatoms. The van der Waals surface area contributed by atoms with Gasteiger partial charge in [0.15, 0.2) is 0 Å². The number of carbonyl (C=O) groups excluding carboxylic acids is 3. The smallest absolute Gasteiger partial charge is 0.371 e. The number of rotatable bonds is 11. The number of H-pyrrole nitrogens is 1. The molecule has 42 heavy (non-hydrogen) atoms. The van der Waals surface area contributed by atoms with Gasteiger partial charge < -0.3 is 36.3 Å². The molecule has 1 aliphatic rings. The first-order chi connectivity index (χ1) is 20.0. The van der Waals surface area contributed by atoms with Crippen molar-refractivity contribution in [3.63, 3.8) is 0 Å². The van der Waals surface area contributed by atoms with E-state index in [0.29, 0.717) is 34.9 Å². The lowest BCUT2D eigenvalue weighted by Gasteiger charge is -2.28. The summed E-state index contributed by atoms with van der Waals surface area (Å²) in [7, 11) is 5.35. The van der Waals surface area contributed by atoms with Gasteiger partial charge in [0.25, 0.3) is 0 Å². The van der Waals surface area contributed by atoms with E-state index in [-0.39, 0.29) is 36.5 Å². The molecule has 1 atom stereocenters. The fraction of sp³-hybridized carbons (Fsp3) is 0.433. The Morgan fingerprint density at radius 1 is 1.07 bits per heavy atom. The maximum Gasteiger partial charge on any atom is 0.371 e. The molecule has 12 nitrogen and oxygen atoms in total. The fourth-order valence-electron chi connectivity index (χ4n) is 5.22. The summed E-state index contributed by atoms with van der Waals surface area (Å²) < 4.78 is 0. The van der Waals surface area contributed by atoms with Crippen LogP contribution in [0, 0.1) is 11.8 Å². The topological polar surface area (TPSA) is 174 Å². The molecule has 0 aliphatic heterocycles. The van der Waals surface area contributed by atoms with Crippen LogP contribution >= 0.6 is 0 Å². The number of hydrogen-bond acceptors (Lipinski definition) is 7. The summed E-state index contributed by atoms with van der Waals surface area (Å²) in [5.41, 5.74) is 8.60. The van der Waals surface area contributed by atoms with Gasteiger partial charge in [0.05, 0.1) is 17.6 Å². The Morgan fingerprint density at radius 3 is 2.48 bits per heavy atom. The number of amides is 3. The van der Waals surface area contributed by atoms with Gasteiger partial charge in [0.1, 0.15) is 6.04 Å². The van der Waals surface area contributed by atoms with E-state index in [1.54, 1.807) is 35.0 Å². The predicted molar refractivity (Wildman–Crippen MR) is 160 cm³/mol. The minimum Gasteiger partial charge on any atom is -0.475 e. The number of carboxylic acid groups (broad SMARTS) is 1. The standard InChI is InChI=1S/C30H39N7O5/c1-36(2)17-26(38)37(3)22-6-4-5-19(13-22)14-25(35-28(39)20-9-7-18(16-31)8-10-20)29(40)32-21-11-12-23-24(15-21)34-27(33-23)30(41)42/h4-6,11-13,15,18,20,25H,7-10,14,16-17,31H2,1-3H3,(H,32,40)(H,33,34)(H,35,39)(H,41,42). The van der Waals surface area contributed by atoms with E-state index in [2.05, 4.69) is 20.6 Å². The lowest BCUT2D eigenvalue weighted by atomic mass is 9.81. The first kappa shape index (κ1) is 30.7. The second-order valence-corrected chi connectivity index (χ2v) is 11.2. The molecule has 1 aliphatic carbocycles. The van der Waals surface area contributed by atoms with Crippen LogP contribution in [-0.2, 0) is 20.8 Å². The number of nitrogens with zero attached hydrogens (tertiary/aromatic N) is 3. The summed E-state index contributed by atoms with van der Waals surface area (Å²) in [4.78, 5) is 60.9. The van der Waals surface area contributed by atoms with E-state index in [0.717, 1.165) is 31.2 Å². The maximum atomic E-state index is 13.6. The van der Waals surface area contributed by atoms with Crippen LogP contribution in [0.15, 0.2) is 42.5 Å². The molecule has 0 bridgehead atoms. The highest BCUT2D eigenvalue weighted by Crippen LogP contribution is 2.28. The van der Waals surface area contributed by atoms with Crippen LogP contribution in [0.2, 0.25) is 0 Å². The zero-order valence-electron chi connectivity index (χ0n) is 24.2. The van der Waals surface area contributed by atoms with Crippen LogP contribution in [0.1, 0.15) is 41.9 Å². The third-order valence-corrected chi connectivity index (χ3v) is 7.70. The fourth-order valence-corrected chi connectivity index (χ4v) is 5.22. The number of fused-ring (bicyclic) bond motifs is 1. The number of carboxylic acids is 1. The van der Waals surface area contributed by atoms with E-state index in [1.165, 1.54) is 0 Å². The summed E-state index contributed by atoms with van der Waals surface area (Å²) >= 11 is 0. The molecule has 0 radical (unpaired) electrons. The quantitative estimate of drug-likeness (QED) is 0.231. The average molecular weight is 578 g/mol. The van der Waals surface area contributed by atoms with Gasteiger partial charge in [-0.2, -0.15) is 0 Å². The van der Waals surface area contributed by atoms with Crippen LogP contribution < -0.4 is 21.3 Å². The lowest BCUT2D eigenvalue weighted by molar-refractivity contribution is -0.130. The number of anilines is 2. The Balaban J connectivity index is 1.54. The zero-order valence-corrected chi connectivity index (χ0v) is 24.2. The number of nitrogens with one attached hydrogen (secondary N) is 3. The monoisotopic (exact) mass is 577 g/mol. The van der Waals surface area contributed by atoms with Crippen LogP contribution in [0.4, 0.5) is 11.4 Å². The van der Waals surface area contributed by atoms with Gasteiger partial charge in [0, 0.05) is 30.8 Å². The van der Waals surface area contributed by atoms with Crippen molar-refractivity contribution >= 4 is 46.1 Å². The zero-order chi connectivity index (χ0) is 30.4. The minimum atomic E-state index is -1.18. The van der Waals surface area contributed by atoms with Crippen molar-refractivity contribution in [2.24, 2.45) is 17.6 Å². The highest BCUT2D eigenvalue weighted by atomic mass is 16.4. The van der Waals surface area contributed by atoms with E-state index in [4.69, 9.17) is 5.73 Å². The van der Waals surface area contributed by atoms with Gasteiger partial charge in [-0.15, -0.1) is 0 Å². The molecule has 224 valence electrons. The maximum absolute atomic E-state index is 13.6. The Bertz CT molecular complexity index is 1440. The number of aromatic amines is 1. The molecule has 6 N–H and O–H groups in total. The molecule has 1 aromatic heterocycles. The highest BCUT2D eigenvalue weighted by molar-refractivity contribution is 5.99. The molecular weight excluding hydrogens is 538 g/mol. The number of aromatic carboxylic acids is 1. The number of carbonyl (C=O) groups is 4. The third-order valence-electron chi connectivity index (χ3n) is 7.70. The molecule has 1 saturated carbocycles. The number of likely N-dealkylation sites (N-methyl/N-ethyl adjacent to an activating group) is 2. The Labute approximate surface area is 244 Å². The van der Waals surface area contributed by atoms with Gasteiger partial charge in [-0.05, 0) is 88.1 Å². The van der Waals surface area contributed by atoms with Crippen LogP contribution in [0.5, 0.6) is 0 Å². The number of benzene rings is 2. The number of hydrogen-bond donors (Lipinski definition) is 5. The van der Waals surface area contributed by atoms with Crippen molar-refractivity contribution in [1.29, 1.82) is 0 Å².